The van der Waals surface area contributed by atoms with Crippen molar-refractivity contribution in [1.82, 2.24) is 10.4 Å². The third kappa shape index (κ3) is 1.96. The first kappa shape index (κ1) is 10.0. The molecule has 4 N–H and O–H groups in total. The van der Waals surface area contributed by atoms with E-state index in [0.717, 1.165) is 5.56 Å². The van der Waals surface area contributed by atoms with Crippen LogP contribution in [0.4, 0.5) is 0 Å². The Balaban J connectivity index is 0.000001000. The van der Waals surface area contributed by atoms with Gasteiger partial charge in [0.2, 0.25) is 0 Å². The molecular weight excluding hydrogens is 166 g/mol. The number of nitrogens with one attached hydrogen (secondary N) is 2. The highest BCUT2D eigenvalue weighted by molar-refractivity contribution is 5.94. The molecule has 62 valence electrons. The quantitative estimate of drug-likeness (QED) is 0.328. The smallest absolute Gasteiger partial charge is 0.266 e. The van der Waals surface area contributed by atoms with Crippen LogP contribution in [0.15, 0.2) is 12.4 Å². The van der Waals surface area contributed by atoms with Gasteiger partial charge in [0.1, 0.15) is 0 Å². The maximum Gasteiger partial charge on any atom is 0.266 e. The molecule has 0 spiro atoms. The molecule has 0 radical (unpaired) electrons. The first-order chi connectivity index (χ1) is 4.75. The zero-order valence-corrected chi connectivity index (χ0v) is 6.87. The fourth-order valence-electron chi connectivity index (χ4n) is 0.764. The number of carbonyl (C=O) groups is 1. The Kier molecular flexibility index (Phi) is 3.64. The monoisotopic (exact) mass is 175 g/mol. The fraction of sp³-hybridized carbons (Fsp3) is 0.167. The number of nitrogens with two attached hydrogens (primary N) is 1. The van der Waals surface area contributed by atoms with Gasteiger partial charge in [0.15, 0.2) is 0 Å². The van der Waals surface area contributed by atoms with E-state index in [2.05, 4.69) is 4.98 Å². The van der Waals surface area contributed by atoms with E-state index in [1.807, 2.05) is 12.3 Å². The van der Waals surface area contributed by atoms with Crippen LogP contribution in [0.1, 0.15) is 15.9 Å². The molecule has 0 aliphatic carbocycles. The first-order valence-corrected chi connectivity index (χ1v) is 2.90. The predicted octanol–water partition coefficient (Wildman–Crippen LogP) is 0.348. The lowest BCUT2D eigenvalue weighted by molar-refractivity contribution is 0.0953. The summed E-state index contributed by atoms with van der Waals surface area (Å²) in [6, 6.07) is 0. The molecular formula is C6H10ClN3O. The summed E-state index contributed by atoms with van der Waals surface area (Å²) in [7, 11) is 0. The third-order valence-corrected chi connectivity index (χ3v) is 1.33. The van der Waals surface area contributed by atoms with E-state index in [1.54, 1.807) is 12.4 Å². The minimum absolute atomic E-state index is 0. The van der Waals surface area contributed by atoms with Gasteiger partial charge < -0.3 is 4.98 Å². The summed E-state index contributed by atoms with van der Waals surface area (Å²) in [4.78, 5) is 13.6. The van der Waals surface area contributed by atoms with E-state index in [4.69, 9.17) is 5.84 Å². The standard InChI is InChI=1S/C6H9N3O.ClH/c1-4-2-8-3-5(4)6(10)9-7;/h2-3,8H,7H2,1H3,(H,9,10);1H. The summed E-state index contributed by atoms with van der Waals surface area (Å²) >= 11 is 0. The van der Waals surface area contributed by atoms with Crippen molar-refractivity contribution in [3.8, 4) is 0 Å². The van der Waals surface area contributed by atoms with Crippen LogP contribution in [0.25, 0.3) is 0 Å². The summed E-state index contributed by atoms with van der Waals surface area (Å²) in [6.45, 7) is 1.83. The number of aromatic nitrogens is 1. The van der Waals surface area contributed by atoms with Gasteiger partial charge >= 0.3 is 0 Å². The Morgan fingerprint density at radius 1 is 1.64 bits per heavy atom. The van der Waals surface area contributed by atoms with Crippen LogP contribution in [0.3, 0.4) is 0 Å². The largest absolute Gasteiger partial charge is 0.367 e. The first-order valence-electron chi connectivity index (χ1n) is 2.90. The Bertz CT molecular complexity index is 246. The van der Waals surface area contributed by atoms with Crippen molar-refractivity contribution in [3.05, 3.63) is 23.5 Å². The lowest BCUT2D eigenvalue weighted by atomic mass is 10.2. The molecule has 1 aromatic rings. The van der Waals surface area contributed by atoms with Crippen molar-refractivity contribution in [2.45, 2.75) is 6.92 Å². The minimum atomic E-state index is -0.265. The number of carbonyl (C=O) groups excluding carboxylic acids is 1. The Morgan fingerprint density at radius 2 is 2.27 bits per heavy atom. The van der Waals surface area contributed by atoms with Crippen LogP contribution >= 0.6 is 12.4 Å². The summed E-state index contributed by atoms with van der Waals surface area (Å²) in [5, 5.41) is 0. The number of aryl methyl sites for hydroxylation is 1. The molecule has 4 nitrogen and oxygen atoms in total. The van der Waals surface area contributed by atoms with Crippen molar-refractivity contribution >= 4 is 18.3 Å². The summed E-state index contributed by atoms with van der Waals surface area (Å²) in [6.07, 6.45) is 3.35. The van der Waals surface area contributed by atoms with Crippen LogP contribution in [-0.2, 0) is 0 Å². The van der Waals surface area contributed by atoms with Crippen molar-refractivity contribution < 1.29 is 4.79 Å². The number of hydrazine groups is 1. The van der Waals surface area contributed by atoms with Gasteiger partial charge in [-0.2, -0.15) is 0 Å². The van der Waals surface area contributed by atoms with E-state index in [-0.39, 0.29) is 18.3 Å². The summed E-state index contributed by atoms with van der Waals surface area (Å²) < 4.78 is 0. The van der Waals surface area contributed by atoms with Gasteiger partial charge in [-0.25, -0.2) is 5.84 Å². The molecule has 5 heteroatoms. The molecule has 1 heterocycles. The maximum absolute atomic E-state index is 10.8. The van der Waals surface area contributed by atoms with Gasteiger partial charge in [0.05, 0.1) is 5.56 Å². The van der Waals surface area contributed by atoms with Gasteiger partial charge in [-0.05, 0) is 12.5 Å². The van der Waals surface area contributed by atoms with Crippen LogP contribution < -0.4 is 11.3 Å². The minimum Gasteiger partial charge on any atom is -0.367 e. The van der Waals surface area contributed by atoms with Crippen molar-refractivity contribution in [2.24, 2.45) is 5.84 Å². The molecule has 1 amide bonds. The van der Waals surface area contributed by atoms with Crippen molar-refractivity contribution in [3.63, 3.8) is 0 Å². The molecule has 0 saturated heterocycles. The fourth-order valence-corrected chi connectivity index (χ4v) is 0.764. The van der Waals surface area contributed by atoms with E-state index in [9.17, 15) is 4.79 Å². The molecule has 0 aromatic carbocycles. The lowest BCUT2D eigenvalue weighted by Gasteiger charge is -1.94. The second kappa shape index (κ2) is 4.00. The number of hydrogen-bond acceptors (Lipinski definition) is 2. The molecule has 1 rings (SSSR count). The molecule has 0 atom stereocenters. The van der Waals surface area contributed by atoms with Crippen molar-refractivity contribution in [1.29, 1.82) is 0 Å². The van der Waals surface area contributed by atoms with Gasteiger partial charge in [0.25, 0.3) is 5.91 Å². The molecule has 11 heavy (non-hydrogen) atoms. The Hall–Kier alpha value is -1.00. The van der Waals surface area contributed by atoms with Crippen molar-refractivity contribution in [2.75, 3.05) is 0 Å². The van der Waals surface area contributed by atoms with E-state index >= 15 is 0 Å². The van der Waals surface area contributed by atoms with Crippen LogP contribution in [0.5, 0.6) is 0 Å². The molecule has 0 aliphatic heterocycles. The number of nitrogen functional groups attached to an aromatic ring is 1. The second-order valence-electron chi connectivity index (χ2n) is 2.03. The highest BCUT2D eigenvalue weighted by Crippen LogP contribution is 2.03. The lowest BCUT2D eigenvalue weighted by Crippen LogP contribution is -2.30. The van der Waals surface area contributed by atoms with Gasteiger partial charge in [0, 0.05) is 12.4 Å². The number of amides is 1. The average molecular weight is 176 g/mol. The number of hydrogen-bond donors (Lipinski definition) is 3. The highest BCUT2D eigenvalue weighted by atomic mass is 35.5. The zero-order valence-electron chi connectivity index (χ0n) is 6.05. The number of halogens is 1. The van der Waals surface area contributed by atoms with Gasteiger partial charge in [-0.15, -0.1) is 12.4 Å². The predicted molar refractivity (Wildman–Crippen MR) is 44.4 cm³/mol. The van der Waals surface area contributed by atoms with Gasteiger partial charge in [-0.1, -0.05) is 0 Å². The normalized spacial score (nSPS) is 8.55. The Labute approximate surface area is 70.5 Å². The molecule has 0 bridgehead atoms. The number of aromatic amines is 1. The zero-order chi connectivity index (χ0) is 7.56. The molecule has 0 aliphatic rings. The molecule has 0 fully saturated rings. The van der Waals surface area contributed by atoms with Crippen LogP contribution in [0, 0.1) is 6.92 Å². The maximum atomic E-state index is 10.8. The highest BCUT2D eigenvalue weighted by Gasteiger charge is 2.05. The number of H-pyrrole nitrogens is 1. The number of rotatable bonds is 1. The van der Waals surface area contributed by atoms with Gasteiger partial charge in [-0.3, -0.25) is 10.2 Å². The summed E-state index contributed by atoms with van der Waals surface area (Å²) in [5.41, 5.74) is 3.53. The second-order valence-corrected chi connectivity index (χ2v) is 2.03. The van der Waals surface area contributed by atoms with E-state index < -0.39 is 0 Å². The van der Waals surface area contributed by atoms with E-state index in [1.165, 1.54) is 0 Å². The Morgan fingerprint density at radius 3 is 2.64 bits per heavy atom. The third-order valence-electron chi connectivity index (χ3n) is 1.33. The molecule has 0 unspecified atom stereocenters. The molecule has 0 saturated carbocycles. The van der Waals surface area contributed by atoms with Crippen LogP contribution in [-0.4, -0.2) is 10.9 Å². The average Bonchev–Trinajstić information content (AvgIpc) is 2.34. The SMILES string of the molecule is Cc1c[nH]cc1C(=O)NN.Cl. The summed E-state index contributed by atoms with van der Waals surface area (Å²) in [5.74, 6) is 4.65. The molecule has 1 aromatic heterocycles. The van der Waals surface area contributed by atoms with E-state index in [0.29, 0.717) is 5.56 Å². The topological polar surface area (TPSA) is 70.9 Å². The van der Waals surface area contributed by atoms with Crippen LogP contribution in [0.2, 0.25) is 0 Å².